The Bertz CT molecular complexity index is 1150. The molecule has 0 bridgehead atoms. The number of thioether (sulfide) groups is 1. The highest BCUT2D eigenvalue weighted by Crippen LogP contribution is 2.33. The van der Waals surface area contributed by atoms with Crippen LogP contribution in [0.15, 0.2) is 66.2 Å². The smallest absolute Gasteiger partial charge is 0.248 e. The van der Waals surface area contributed by atoms with Gasteiger partial charge in [0, 0.05) is 23.4 Å². The highest BCUT2D eigenvalue weighted by atomic mass is 32.2. The van der Waals surface area contributed by atoms with Crippen LogP contribution in [0.4, 0.5) is 0 Å². The van der Waals surface area contributed by atoms with E-state index in [1.54, 1.807) is 34.9 Å². The molecule has 4 aromatic rings. The van der Waals surface area contributed by atoms with E-state index in [2.05, 4.69) is 39.6 Å². The molecule has 29 heavy (non-hydrogen) atoms. The Morgan fingerprint density at radius 1 is 1.14 bits per heavy atom. The van der Waals surface area contributed by atoms with Crippen molar-refractivity contribution in [3.63, 3.8) is 0 Å². The molecule has 0 aliphatic carbocycles. The van der Waals surface area contributed by atoms with Gasteiger partial charge in [0.05, 0.1) is 11.9 Å². The molecule has 4 rings (SSSR count). The average molecular weight is 405 g/mol. The first kappa shape index (κ1) is 18.9. The number of nitrogens with two attached hydrogens (primary N) is 1. The highest BCUT2D eigenvalue weighted by molar-refractivity contribution is 7.99. The fraction of sp³-hybridized carbons (Fsp3) is 0.150. The lowest BCUT2D eigenvalue weighted by Gasteiger charge is -2.12. The maximum atomic E-state index is 11.2. The lowest BCUT2D eigenvalue weighted by atomic mass is 10.1. The first-order valence-corrected chi connectivity index (χ1v) is 9.83. The van der Waals surface area contributed by atoms with Crippen LogP contribution >= 0.6 is 11.8 Å². The van der Waals surface area contributed by atoms with Crippen molar-refractivity contribution < 1.29 is 4.79 Å². The number of hydrogen-bond donors (Lipinski definition) is 1. The van der Waals surface area contributed by atoms with Gasteiger partial charge in [-0.05, 0) is 36.8 Å². The summed E-state index contributed by atoms with van der Waals surface area (Å²) >= 11 is 1.65. The highest BCUT2D eigenvalue weighted by Gasteiger charge is 2.13. The number of primary amides is 1. The number of rotatable bonds is 6. The molecule has 8 nitrogen and oxygen atoms in total. The number of carbonyl (C=O) groups excluding carboxylic acids is 1. The lowest BCUT2D eigenvalue weighted by Crippen LogP contribution is -2.10. The predicted molar refractivity (Wildman–Crippen MR) is 111 cm³/mol. The van der Waals surface area contributed by atoms with E-state index >= 15 is 0 Å². The van der Waals surface area contributed by atoms with Crippen LogP contribution < -0.4 is 5.73 Å². The van der Waals surface area contributed by atoms with Gasteiger partial charge in [0.15, 0.2) is 5.16 Å². The topological polar surface area (TPSA) is 105 Å². The quantitative estimate of drug-likeness (QED) is 0.495. The molecule has 1 unspecified atom stereocenters. The minimum Gasteiger partial charge on any atom is -0.366 e. The van der Waals surface area contributed by atoms with E-state index in [-0.39, 0.29) is 5.25 Å². The molecule has 0 fully saturated rings. The first-order valence-electron chi connectivity index (χ1n) is 8.95. The molecule has 2 aromatic heterocycles. The van der Waals surface area contributed by atoms with E-state index in [1.807, 2.05) is 42.1 Å². The molecule has 9 heteroatoms. The first-order chi connectivity index (χ1) is 14.0. The number of carbonyl (C=O) groups is 1. The van der Waals surface area contributed by atoms with E-state index in [0.717, 1.165) is 22.0 Å². The maximum Gasteiger partial charge on any atom is 0.248 e. The van der Waals surface area contributed by atoms with Crippen molar-refractivity contribution in [3.05, 3.63) is 72.2 Å². The Balaban J connectivity index is 1.56. The number of benzene rings is 2. The minimum atomic E-state index is -0.453. The summed E-state index contributed by atoms with van der Waals surface area (Å²) in [5.74, 6) is -0.453. The van der Waals surface area contributed by atoms with E-state index in [4.69, 9.17) is 5.73 Å². The molecule has 2 heterocycles. The molecular weight excluding hydrogens is 386 g/mol. The molecule has 0 aliphatic heterocycles. The number of aromatic nitrogens is 6. The second-order valence-corrected chi connectivity index (χ2v) is 7.88. The van der Waals surface area contributed by atoms with Crippen LogP contribution in [-0.4, -0.2) is 35.7 Å². The third-order valence-electron chi connectivity index (χ3n) is 4.51. The van der Waals surface area contributed by atoms with Crippen LogP contribution in [-0.2, 0) is 7.05 Å². The van der Waals surface area contributed by atoms with Gasteiger partial charge in [-0.15, -0.1) is 15.3 Å². The summed E-state index contributed by atoms with van der Waals surface area (Å²) in [6.07, 6.45) is 3.55. The fourth-order valence-electron chi connectivity index (χ4n) is 2.85. The number of nitrogens with zero attached hydrogens (tertiary/aromatic N) is 6. The van der Waals surface area contributed by atoms with Crippen LogP contribution in [0.5, 0.6) is 0 Å². The van der Waals surface area contributed by atoms with Crippen molar-refractivity contribution in [3.8, 4) is 16.9 Å². The second kappa shape index (κ2) is 7.88. The standard InChI is InChI=1S/C20H19N7OS/c1-13(29-20-24-22-12-26(20)2)16-4-3-5-17(10-16)27-11-18(23-25-27)14-6-8-15(9-7-14)19(21)28/h3-13H,1-2H3,(H2,21,28). The second-order valence-electron chi connectivity index (χ2n) is 6.57. The molecule has 0 saturated heterocycles. The monoisotopic (exact) mass is 405 g/mol. The molecule has 2 aromatic carbocycles. The Morgan fingerprint density at radius 2 is 1.93 bits per heavy atom. The van der Waals surface area contributed by atoms with Gasteiger partial charge in [-0.1, -0.05) is 41.2 Å². The number of amides is 1. The molecule has 0 aliphatic rings. The van der Waals surface area contributed by atoms with Gasteiger partial charge < -0.3 is 10.3 Å². The van der Waals surface area contributed by atoms with Gasteiger partial charge in [-0.3, -0.25) is 4.79 Å². The van der Waals surface area contributed by atoms with Gasteiger partial charge >= 0.3 is 0 Å². The van der Waals surface area contributed by atoms with Crippen LogP contribution in [0.3, 0.4) is 0 Å². The van der Waals surface area contributed by atoms with Gasteiger partial charge in [-0.2, -0.15) is 0 Å². The SMILES string of the molecule is CC(Sc1nncn1C)c1cccc(-n2cc(-c3ccc(C(N)=O)cc3)nn2)c1. The largest absolute Gasteiger partial charge is 0.366 e. The van der Waals surface area contributed by atoms with Crippen LogP contribution in [0.25, 0.3) is 16.9 Å². The number of aryl methyl sites for hydroxylation is 1. The lowest BCUT2D eigenvalue weighted by molar-refractivity contribution is 0.100. The third kappa shape index (κ3) is 4.04. The molecule has 146 valence electrons. The molecule has 1 atom stereocenters. The number of hydrogen-bond acceptors (Lipinski definition) is 6. The summed E-state index contributed by atoms with van der Waals surface area (Å²) in [6.45, 7) is 2.13. The van der Waals surface area contributed by atoms with E-state index in [1.165, 1.54) is 0 Å². The minimum absolute atomic E-state index is 0.196. The van der Waals surface area contributed by atoms with Crippen LogP contribution in [0, 0.1) is 0 Å². The zero-order chi connectivity index (χ0) is 20.4. The van der Waals surface area contributed by atoms with Gasteiger partial charge in [0.1, 0.15) is 12.0 Å². The van der Waals surface area contributed by atoms with Crippen molar-refractivity contribution in [1.82, 2.24) is 29.8 Å². The van der Waals surface area contributed by atoms with Crippen LogP contribution in [0.1, 0.15) is 28.1 Å². The van der Waals surface area contributed by atoms with Crippen molar-refractivity contribution in [2.24, 2.45) is 12.8 Å². The maximum absolute atomic E-state index is 11.2. The normalized spacial score (nSPS) is 12.1. The molecule has 0 spiro atoms. The van der Waals surface area contributed by atoms with Crippen molar-refractivity contribution in [1.29, 1.82) is 0 Å². The summed E-state index contributed by atoms with van der Waals surface area (Å²) in [4.78, 5) is 11.2. The molecule has 1 amide bonds. The zero-order valence-corrected chi connectivity index (χ0v) is 16.7. The van der Waals surface area contributed by atoms with Crippen LogP contribution in [0.2, 0.25) is 0 Å². The fourth-order valence-corrected chi connectivity index (χ4v) is 3.76. The van der Waals surface area contributed by atoms with Gasteiger partial charge in [0.25, 0.3) is 0 Å². The summed E-state index contributed by atoms with van der Waals surface area (Å²) in [5, 5.41) is 17.6. The van der Waals surface area contributed by atoms with E-state index in [0.29, 0.717) is 11.3 Å². The molecule has 0 saturated carbocycles. The molecule has 2 N–H and O–H groups in total. The van der Waals surface area contributed by atoms with Crippen molar-refractivity contribution in [2.75, 3.05) is 0 Å². The van der Waals surface area contributed by atoms with E-state index < -0.39 is 5.91 Å². The average Bonchev–Trinajstić information content (AvgIpc) is 3.38. The molecule has 0 radical (unpaired) electrons. The molecular formula is C20H19N7OS. The Kier molecular flexibility index (Phi) is 5.13. The van der Waals surface area contributed by atoms with E-state index in [9.17, 15) is 4.79 Å². The van der Waals surface area contributed by atoms with Crippen molar-refractivity contribution >= 4 is 17.7 Å². The van der Waals surface area contributed by atoms with Gasteiger partial charge in [0.2, 0.25) is 5.91 Å². The Hall–Kier alpha value is -3.46. The van der Waals surface area contributed by atoms with Crippen molar-refractivity contribution in [2.45, 2.75) is 17.3 Å². The summed E-state index contributed by atoms with van der Waals surface area (Å²) in [5.41, 5.74) is 9.40. The van der Waals surface area contributed by atoms with Gasteiger partial charge in [-0.25, -0.2) is 4.68 Å². The predicted octanol–water partition coefficient (Wildman–Crippen LogP) is 3.01. The Labute approximate surface area is 171 Å². The Morgan fingerprint density at radius 3 is 2.62 bits per heavy atom. The summed E-state index contributed by atoms with van der Waals surface area (Å²) in [6, 6.07) is 15.1. The summed E-state index contributed by atoms with van der Waals surface area (Å²) < 4.78 is 3.64. The third-order valence-corrected chi connectivity index (χ3v) is 5.72. The zero-order valence-electron chi connectivity index (χ0n) is 15.9. The summed E-state index contributed by atoms with van der Waals surface area (Å²) in [7, 11) is 1.93.